The Bertz CT molecular complexity index is 927. The SMILES string of the molecule is CCc1nc(C(N)=O)c(Nc2cccc([C@H](C)CNC(=O)OC(C)(C)C)c2)nc1Cl. The third-order valence-corrected chi connectivity index (χ3v) is 4.46. The van der Waals surface area contributed by atoms with Gasteiger partial charge in [-0.25, -0.2) is 14.8 Å². The van der Waals surface area contributed by atoms with Crippen molar-refractivity contribution >= 4 is 35.1 Å². The molecule has 2 aromatic rings. The minimum Gasteiger partial charge on any atom is -0.444 e. The minimum absolute atomic E-state index is 0.0204. The van der Waals surface area contributed by atoms with Gasteiger partial charge in [-0.3, -0.25) is 4.79 Å². The van der Waals surface area contributed by atoms with Crippen LogP contribution in [0.1, 0.15) is 62.3 Å². The van der Waals surface area contributed by atoms with Crippen molar-refractivity contribution in [1.82, 2.24) is 15.3 Å². The summed E-state index contributed by atoms with van der Waals surface area (Å²) in [5.74, 6) is -0.476. The van der Waals surface area contributed by atoms with Crippen molar-refractivity contribution in [3.63, 3.8) is 0 Å². The zero-order valence-electron chi connectivity index (χ0n) is 17.9. The van der Waals surface area contributed by atoms with Gasteiger partial charge in [0.15, 0.2) is 16.7 Å². The molecular formula is C21H28ClN5O3. The minimum atomic E-state index is -0.692. The molecule has 2 amide bonds. The number of hydrogen-bond acceptors (Lipinski definition) is 6. The summed E-state index contributed by atoms with van der Waals surface area (Å²) in [5, 5.41) is 6.05. The molecule has 0 saturated carbocycles. The number of nitrogens with one attached hydrogen (secondary N) is 2. The smallest absolute Gasteiger partial charge is 0.407 e. The lowest BCUT2D eigenvalue weighted by atomic mass is 10.0. The van der Waals surface area contributed by atoms with E-state index in [9.17, 15) is 9.59 Å². The van der Waals surface area contributed by atoms with E-state index >= 15 is 0 Å². The number of rotatable bonds is 7. The number of carbonyl (C=O) groups excluding carboxylic acids is 2. The number of ether oxygens (including phenoxy) is 1. The summed E-state index contributed by atoms with van der Waals surface area (Å²) in [6.07, 6.45) is 0.0694. The summed E-state index contributed by atoms with van der Waals surface area (Å²) in [6, 6.07) is 7.53. The number of primary amides is 1. The number of carbonyl (C=O) groups is 2. The van der Waals surface area contributed by atoms with Gasteiger partial charge in [-0.15, -0.1) is 0 Å². The van der Waals surface area contributed by atoms with Crippen LogP contribution in [0.25, 0.3) is 0 Å². The predicted molar refractivity (Wildman–Crippen MR) is 117 cm³/mol. The van der Waals surface area contributed by atoms with Gasteiger partial charge in [0, 0.05) is 12.2 Å². The Kier molecular flexibility index (Phi) is 7.61. The highest BCUT2D eigenvalue weighted by molar-refractivity contribution is 6.30. The molecule has 0 fully saturated rings. The molecule has 8 nitrogen and oxygen atoms in total. The summed E-state index contributed by atoms with van der Waals surface area (Å²) < 4.78 is 5.26. The molecule has 4 N–H and O–H groups in total. The number of nitrogens with zero attached hydrogens (tertiary/aromatic N) is 2. The van der Waals surface area contributed by atoms with Crippen LogP contribution >= 0.6 is 11.6 Å². The van der Waals surface area contributed by atoms with Crippen LogP contribution in [0.5, 0.6) is 0 Å². The number of alkyl carbamates (subject to hydrolysis) is 1. The van der Waals surface area contributed by atoms with E-state index in [0.29, 0.717) is 24.3 Å². The Labute approximate surface area is 181 Å². The van der Waals surface area contributed by atoms with Gasteiger partial charge in [-0.05, 0) is 50.8 Å². The van der Waals surface area contributed by atoms with E-state index in [1.54, 1.807) is 0 Å². The van der Waals surface area contributed by atoms with Crippen molar-refractivity contribution in [2.45, 2.75) is 52.6 Å². The zero-order chi connectivity index (χ0) is 22.5. The number of halogens is 1. The fourth-order valence-electron chi connectivity index (χ4n) is 2.66. The largest absolute Gasteiger partial charge is 0.444 e. The van der Waals surface area contributed by atoms with Crippen LogP contribution in [-0.2, 0) is 11.2 Å². The Balaban J connectivity index is 2.15. The molecule has 0 unspecified atom stereocenters. The van der Waals surface area contributed by atoms with Crippen molar-refractivity contribution in [2.75, 3.05) is 11.9 Å². The molecule has 1 aromatic carbocycles. The first-order valence-corrected chi connectivity index (χ1v) is 10.1. The molecule has 0 bridgehead atoms. The van der Waals surface area contributed by atoms with Gasteiger partial charge in [0.2, 0.25) is 0 Å². The molecule has 2 rings (SSSR count). The van der Waals surface area contributed by atoms with E-state index in [0.717, 1.165) is 5.56 Å². The van der Waals surface area contributed by atoms with Gasteiger partial charge < -0.3 is 21.1 Å². The average molecular weight is 434 g/mol. The Morgan fingerprint density at radius 1 is 1.27 bits per heavy atom. The summed E-state index contributed by atoms with van der Waals surface area (Å²) in [7, 11) is 0. The van der Waals surface area contributed by atoms with Crippen LogP contribution in [0.3, 0.4) is 0 Å². The molecule has 0 aliphatic carbocycles. The molecule has 0 aliphatic heterocycles. The predicted octanol–water partition coefficient (Wildman–Crippen LogP) is 4.16. The van der Waals surface area contributed by atoms with Gasteiger partial charge in [-0.1, -0.05) is 37.6 Å². The molecular weight excluding hydrogens is 406 g/mol. The highest BCUT2D eigenvalue weighted by Crippen LogP contribution is 2.25. The monoisotopic (exact) mass is 433 g/mol. The Morgan fingerprint density at radius 2 is 1.97 bits per heavy atom. The highest BCUT2D eigenvalue weighted by atomic mass is 35.5. The van der Waals surface area contributed by atoms with Gasteiger partial charge in [-0.2, -0.15) is 0 Å². The van der Waals surface area contributed by atoms with Gasteiger partial charge in [0.05, 0.1) is 5.69 Å². The maximum atomic E-state index is 11.9. The number of nitrogens with two attached hydrogens (primary N) is 1. The second-order valence-electron chi connectivity index (χ2n) is 7.91. The van der Waals surface area contributed by atoms with Crippen LogP contribution in [0, 0.1) is 0 Å². The first kappa shape index (κ1) is 23.4. The van der Waals surface area contributed by atoms with Gasteiger partial charge in [0.25, 0.3) is 5.91 Å². The van der Waals surface area contributed by atoms with Crippen LogP contribution in [0.2, 0.25) is 5.15 Å². The number of hydrogen-bond donors (Lipinski definition) is 3. The van der Waals surface area contributed by atoms with Crippen LogP contribution < -0.4 is 16.4 Å². The van der Waals surface area contributed by atoms with E-state index in [1.807, 2.05) is 58.9 Å². The number of benzene rings is 1. The lowest BCUT2D eigenvalue weighted by molar-refractivity contribution is 0.0525. The van der Waals surface area contributed by atoms with E-state index in [-0.39, 0.29) is 22.6 Å². The molecule has 0 radical (unpaired) electrons. The highest BCUT2D eigenvalue weighted by Gasteiger charge is 2.18. The normalized spacial score (nSPS) is 12.2. The second-order valence-corrected chi connectivity index (χ2v) is 8.27. The van der Waals surface area contributed by atoms with Gasteiger partial charge in [0.1, 0.15) is 5.60 Å². The number of amides is 2. The van der Waals surface area contributed by atoms with Crippen molar-refractivity contribution < 1.29 is 14.3 Å². The lowest BCUT2D eigenvalue weighted by Crippen LogP contribution is -2.34. The molecule has 0 spiro atoms. The fraction of sp³-hybridized carbons (Fsp3) is 0.429. The molecule has 1 aromatic heterocycles. The van der Waals surface area contributed by atoms with E-state index in [4.69, 9.17) is 22.1 Å². The van der Waals surface area contributed by atoms with E-state index in [1.165, 1.54) is 0 Å². The van der Waals surface area contributed by atoms with E-state index in [2.05, 4.69) is 20.6 Å². The third kappa shape index (κ3) is 6.59. The molecule has 162 valence electrons. The Morgan fingerprint density at radius 3 is 2.57 bits per heavy atom. The van der Waals surface area contributed by atoms with Crippen molar-refractivity contribution in [2.24, 2.45) is 5.73 Å². The quantitative estimate of drug-likeness (QED) is 0.603. The molecule has 0 saturated heterocycles. The number of aromatic nitrogens is 2. The summed E-state index contributed by atoms with van der Waals surface area (Å²) in [6.45, 7) is 9.69. The van der Waals surface area contributed by atoms with Crippen molar-refractivity contribution in [1.29, 1.82) is 0 Å². The molecule has 1 heterocycles. The number of anilines is 2. The third-order valence-electron chi connectivity index (χ3n) is 4.16. The molecule has 9 heteroatoms. The molecule has 30 heavy (non-hydrogen) atoms. The maximum Gasteiger partial charge on any atom is 0.407 e. The van der Waals surface area contributed by atoms with Crippen LogP contribution in [0.4, 0.5) is 16.3 Å². The fourth-order valence-corrected chi connectivity index (χ4v) is 2.92. The number of aryl methyl sites for hydroxylation is 1. The summed E-state index contributed by atoms with van der Waals surface area (Å²) >= 11 is 6.15. The van der Waals surface area contributed by atoms with E-state index < -0.39 is 17.6 Å². The zero-order valence-corrected chi connectivity index (χ0v) is 18.6. The van der Waals surface area contributed by atoms with Crippen molar-refractivity contribution in [3.8, 4) is 0 Å². The standard InChI is InChI=1S/C21H28ClN5O3/c1-6-15-17(22)27-19(16(26-15)18(23)28)25-14-9-7-8-13(10-14)12(2)11-24-20(29)30-21(3,4)5/h7-10,12H,6,11H2,1-5H3,(H2,23,28)(H,24,29)(H,25,27)/t12-/m1/s1. The lowest BCUT2D eigenvalue weighted by Gasteiger charge is -2.21. The topological polar surface area (TPSA) is 119 Å². The second kappa shape index (κ2) is 9.75. The first-order chi connectivity index (χ1) is 14.0. The Hall–Kier alpha value is -2.87. The maximum absolute atomic E-state index is 11.9. The summed E-state index contributed by atoms with van der Waals surface area (Å²) in [4.78, 5) is 32.1. The van der Waals surface area contributed by atoms with Gasteiger partial charge >= 0.3 is 6.09 Å². The van der Waals surface area contributed by atoms with Crippen LogP contribution in [0.15, 0.2) is 24.3 Å². The average Bonchev–Trinajstić information content (AvgIpc) is 2.65. The van der Waals surface area contributed by atoms with Crippen LogP contribution in [-0.4, -0.2) is 34.1 Å². The molecule has 0 aliphatic rings. The molecule has 1 atom stereocenters. The van der Waals surface area contributed by atoms with Crippen molar-refractivity contribution in [3.05, 3.63) is 46.4 Å². The summed E-state index contributed by atoms with van der Waals surface area (Å²) in [5.41, 5.74) is 7.10. The first-order valence-electron chi connectivity index (χ1n) is 9.70.